The molecule has 0 aliphatic rings. The third-order valence-electron chi connectivity index (χ3n) is 3.85. The van der Waals surface area contributed by atoms with Crippen molar-refractivity contribution in [1.82, 2.24) is 0 Å². The van der Waals surface area contributed by atoms with Crippen LogP contribution in [0.3, 0.4) is 0 Å². The molecule has 0 aromatic heterocycles. The molecule has 3 aromatic rings. The van der Waals surface area contributed by atoms with Crippen LogP contribution in [0.2, 0.25) is 0 Å². The van der Waals surface area contributed by atoms with Gasteiger partial charge in [-0.3, -0.25) is 0 Å². The maximum Gasteiger partial charge on any atom is 0.335 e. The third kappa shape index (κ3) is 4.65. The van der Waals surface area contributed by atoms with Crippen molar-refractivity contribution >= 4 is 38.2 Å². The van der Waals surface area contributed by atoms with Crippen LogP contribution in [-0.4, -0.2) is 24.0 Å². The summed E-state index contributed by atoms with van der Waals surface area (Å²) in [7, 11) is -4.81. The standard InChI is InChI=1S/C18H14N2O6S.2CH3/c1-10-6-7-14(15(8-10)27(24,25)26)19-20-16-12-5-3-2-4-11(12)9-13(17(16)21)18(22)23;;/h2-9,21H,1H3,(H,22,23)(H,24,25,26);2*1H3/q;2*+1/p-2. The lowest BCUT2D eigenvalue weighted by Gasteiger charge is -2.16. The van der Waals surface area contributed by atoms with Gasteiger partial charge in [-0.25, -0.2) is 13.2 Å². The third-order valence-corrected chi connectivity index (χ3v) is 4.71. The largest absolute Gasteiger partial charge is 0.870 e. The first-order chi connectivity index (χ1) is 12.7. The number of aromatic carboxylic acids is 1. The van der Waals surface area contributed by atoms with Gasteiger partial charge in [-0.2, -0.15) is 5.11 Å². The molecule has 0 spiro atoms. The van der Waals surface area contributed by atoms with Crippen LogP contribution >= 0.6 is 0 Å². The van der Waals surface area contributed by atoms with E-state index in [0.29, 0.717) is 16.3 Å². The molecule has 0 bridgehead atoms. The maximum absolute atomic E-state index is 12.5. The van der Waals surface area contributed by atoms with E-state index in [1.165, 1.54) is 18.2 Å². The molecule has 29 heavy (non-hydrogen) atoms. The quantitative estimate of drug-likeness (QED) is 0.386. The predicted molar refractivity (Wildman–Crippen MR) is 106 cm³/mol. The molecule has 9 heteroatoms. The molecule has 150 valence electrons. The molecule has 0 saturated heterocycles. The summed E-state index contributed by atoms with van der Waals surface area (Å²) in [5.74, 6) is -2.27. The van der Waals surface area contributed by atoms with E-state index in [1.54, 1.807) is 31.2 Å². The number of benzene rings is 3. The lowest BCUT2D eigenvalue weighted by atomic mass is 10.0. The summed E-state index contributed by atoms with van der Waals surface area (Å²) in [5, 5.41) is 30.1. The first-order valence-electron chi connectivity index (χ1n) is 7.63. The van der Waals surface area contributed by atoms with Crippen LogP contribution in [0.5, 0.6) is 5.75 Å². The Morgan fingerprint density at radius 3 is 2.31 bits per heavy atom. The second kappa shape index (κ2) is 8.63. The maximum atomic E-state index is 12.5. The highest BCUT2D eigenvalue weighted by Gasteiger charge is 2.13. The van der Waals surface area contributed by atoms with Crippen molar-refractivity contribution in [2.45, 2.75) is 11.8 Å². The number of rotatable bonds is 4. The van der Waals surface area contributed by atoms with Crippen LogP contribution < -0.4 is 5.11 Å². The zero-order valence-corrected chi connectivity index (χ0v) is 16.7. The molecule has 3 aromatic carbocycles. The minimum absolute atomic E-state index is 0. The Labute approximate surface area is 168 Å². The molecule has 1 N–H and O–H groups in total. The molecular weight excluding hydrogens is 396 g/mol. The second-order valence-electron chi connectivity index (χ2n) is 5.75. The molecule has 3 rings (SSSR count). The van der Waals surface area contributed by atoms with Gasteiger partial charge in [-0.1, -0.05) is 36.1 Å². The number of aryl methyl sites for hydroxylation is 1. The normalized spacial score (nSPS) is 11.1. The minimum atomic E-state index is -4.81. The van der Waals surface area contributed by atoms with E-state index in [1.807, 2.05) is 0 Å². The van der Waals surface area contributed by atoms with E-state index in [0.717, 1.165) is 6.07 Å². The first-order valence-corrected chi connectivity index (χ1v) is 9.03. The van der Waals surface area contributed by atoms with Crippen LogP contribution in [0.4, 0.5) is 11.4 Å². The Morgan fingerprint density at radius 2 is 1.69 bits per heavy atom. The Morgan fingerprint density at radius 1 is 1.03 bits per heavy atom. The van der Waals surface area contributed by atoms with Gasteiger partial charge in [-0.15, -0.1) is 5.11 Å². The van der Waals surface area contributed by atoms with E-state index in [-0.39, 0.29) is 26.2 Å². The Kier molecular flexibility index (Phi) is 6.99. The lowest BCUT2D eigenvalue weighted by Crippen LogP contribution is -2.04. The minimum Gasteiger partial charge on any atom is -0.870 e. The van der Waals surface area contributed by atoms with Crippen molar-refractivity contribution in [2.24, 2.45) is 10.2 Å². The average Bonchev–Trinajstić information content (AvgIpc) is 2.60. The highest BCUT2D eigenvalue weighted by atomic mass is 32.2. The molecule has 0 radical (unpaired) electrons. The van der Waals surface area contributed by atoms with E-state index >= 15 is 0 Å². The van der Waals surface area contributed by atoms with Crippen LogP contribution in [0.1, 0.15) is 15.9 Å². The monoisotopic (exact) mass is 414 g/mol. The number of carboxylic acid groups (broad SMARTS) is 1. The van der Waals surface area contributed by atoms with Gasteiger partial charge in [0.2, 0.25) is 0 Å². The van der Waals surface area contributed by atoms with Crippen molar-refractivity contribution in [3.05, 3.63) is 74.5 Å². The molecule has 0 aliphatic carbocycles. The van der Waals surface area contributed by atoms with E-state index in [2.05, 4.69) is 10.2 Å². The van der Waals surface area contributed by atoms with Crippen LogP contribution in [0, 0.1) is 21.8 Å². The number of hydrogen-bond acceptors (Lipinski definition) is 7. The van der Waals surface area contributed by atoms with E-state index in [4.69, 9.17) is 0 Å². The molecule has 0 atom stereocenters. The first kappa shape index (κ1) is 23.5. The Bertz CT molecular complexity index is 1200. The van der Waals surface area contributed by atoms with Gasteiger partial charge in [0, 0.05) is 20.2 Å². The van der Waals surface area contributed by atoms with Gasteiger partial charge < -0.3 is 14.8 Å². The van der Waals surface area contributed by atoms with E-state index < -0.39 is 32.3 Å². The summed E-state index contributed by atoms with van der Waals surface area (Å²) in [6, 6.07) is 11.7. The fourth-order valence-electron chi connectivity index (χ4n) is 2.58. The topological polar surface area (TPSA) is 142 Å². The Balaban J connectivity index is 0.00000210. The van der Waals surface area contributed by atoms with Crippen molar-refractivity contribution in [1.29, 1.82) is 0 Å². The number of hydrogen-bond donors (Lipinski definition) is 1. The Hall–Kier alpha value is -3.56. The molecule has 8 nitrogen and oxygen atoms in total. The van der Waals surface area contributed by atoms with Gasteiger partial charge >= 0.3 is 5.97 Å². The highest BCUT2D eigenvalue weighted by Crippen LogP contribution is 2.38. The van der Waals surface area contributed by atoms with Crippen molar-refractivity contribution in [3.8, 4) is 5.75 Å². The molecule has 0 amide bonds. The molecule has 0 heterocycles. The number of carbonyl (C=O) groups is 1. The summed E-state index contributed by atoms with van der Waals surface area (Å²) < 4.78 is 34.3. The number of fused-ring (bicyclic) bond motifs is 1. The molecular formula is C20H18N2O6S. The molecule has 0 unspecified atom stereocenters. The van der Waals surface area contributed by atoms with Crippen molar-refractivity contribution in [3.63, 3.8) is 0 Å². The number of nitrogens with zero attached hydrogens (tertiary/aromatic N) is 2. The fourth-order valence-corrected chi connectivity index (χ4v) is 3.27. The summed E-state index contributed by atoms with van der Waals surface area (Å²) in [4.78, 5) is 10.8. The number of azo groups is 1. The summed E-state index contributed by atoms with van der Waals surface area (Å²) in [6.45, 7) is 1.61. The highest BCUT2D eigenvalue weighted by molar-refractivity contribution is 7.86. The molecule has 0 saturated carbocycles. The molecule has 0 aliphatic heterocycles. The zero-order chi connectivity index (χ0) is 19.8. The van der Waals surface area contributed by atoms with Crippen molar-refractivity contribution < 1.29 is 28.0 Å². The van der Waals surface area contributed by atoms with Gasteiger partial charge in [0.15, 0.2) is 0 Å². The predicted octanol–water partition coefficient (Wildman–Crippen LogP) is 4.14. The summed E-state index contributed by atoms with van der Waals surface area (Å²) in [5.41, 5.74) is -0.436. The fraction of sp³-hybridized carbons (Fsp3) is 0.0500. The second-order valence-corrected chi connectivity index (χ2v) is 7.10. The van der Waals surface area contributed by atoms with Gasteiger partial charge in [0.1, 0.15) is 15.8 Å². The van der Waals surface area contributed by atoms with Crippen LogP contribution in [-0.2, 0) is 10.1 Å². The smallest absolute Gasteiger partial charge is 0.335 e. The SMILES string of the molecule is Cc1ccc(N=Nc2c([O-])c(C(=O)O)cc3ccccc23)c(S(=O)(=O)[O-])c1.[CH3+].[CH3+]. The summed E-state index contributed by atoms with van der Waals surface area (Å²) >= 11 is 0. The number of carboxylic acids is 1. The average molecular weight is 414 g/mol. The van der Waals surface area contributed by atoms with Crippen LogP contribution in [0.15, 0.2) is 63.7 Å². The molecule has 0 fully saturated rings. The van der Waals surface area contributed by atoms with Gasteiger partial charge in [0.25, 0.3) is 0 Å². The van der Waals surface area contributed by atoms with Gasteiger partial charge in [0.05, 0.1) is 16.1 Å². The van der Waals surface area contributed by atoms with Gasteiger partial charge in [-0.05, 0) is 36.1 Å². The zero-order valence-electron chi connectivity index (χ0n) is 15.9. The van der Waals surface area contributed by atoms with E-state index in [9.17, 15) is 28.0 Å². The summed E-state index contributed by atoms with van der Waals surface area (Å²) in [6.07, 6.45) is 0. The van der Waals surface area contributed by atoms with Crippen molar-refractivity contribution in [2.75, 3.05) is 0 Å². The van der Waals surface area contributed by atoms with Crippen LogP contribution in [0.25, 0.3) is 10.8 Å². The lowest BCUT2D eigenvalue weighted by molar-refractivity contribution is -0.267.